The molecular weight excluding hydrogens is 350 g/mol. The highest BCUT2D eigenvalue weighted by atomic mass is 35.5. The van der Waals surface area contributed by atoms with E-state index in [9.17, 15) is 0 Å². The molecule has 0 atom stereocenters. The minimum Gasteiger partial charge on any atom is -0.298 e. The third-order valence-corrected chi connectivity index (χ3v) is 5.76. The highest BCUT2D eigenvalue weighted by Crippen LogP contribution is 2.42. The fourth-order valence-electron chi connectivity index (χ4n) is 2.40. The third kappa shape index (κ3) is 3.13. The average molecular weight is 364 g/mol. The van der Waals surface area contributed by atoms with Crippen LogP contribution in [-0.4, -0.2) is 24.4 Å². The summed E-state index contributed by atoms with van der Waals surface area (Å²) in [5, 5.41) is 14.6. The van der Waals surface area contributed by atoms with Crippen molar-refractivity contribution < 1.29 is 0 Å². The summed E-state index contributed by atoms with van der Waals surface area (Å²) in [6.45, 7) is 1.96. The summed E-state index contributed by atoms with van der Waals surface area (Å²) in [6, 6.07) is 8.43. The number of benzene rings is 1. The highest BCUT2D eigenvalue weighted by Gasteiger charge is 2.31. The zero-order valence-corrected chi connectivity index (χ0v) is 14.8. The van der Waals surface area contributed by atoms with Crippen LogP contribution in [0.15, 0.2) is 29.4 Å². The van der Waals surface area contributed by atoms with E-state index in [-0.39, 0.29) is 0 Å². The van der Waals surface area contributed by atoms with Gasteiger partial charge in [-0.15, -0.1) is 15.3 Å². The first kappa shape index (κ1) is 15.1. The lowest BCUT2D eigenvalue weighted by Gasteiger charge is -2.08. The molecule has 1 aliphatic carbocycles. The topological polar surface area (TPSA) is 56.5 Å². The Bertz CT molecular complexity index is 840. The Balaban J connectivity index is 1.62. The van der Waals surface area contributed by atoms with Gasteiger partial charge in [0.05, 0.1) is 5.69 Å². The molecule has 1 aromatic carbocycles. The summed E-state index contributed by atoms with van der Waals surface area (Å²) < 4.78 is 6.27. The number of aromatic nitrogens is 5. The molecule has 1 saturated carbocycles. The molecule has 1 aliphatic rings. The van der Waals surface area contributed by atoms with Crippen molar-refractivity contribution in [3.05, 3.63) is 40.5 Å². The molecule has 0 radical (unpaired) electrons. The van der Waals surface area contributed by atoms with Gasteiger partial charge in [-0.3, -0.25) is 4.57 Å². The highest BCUT2D eigenvalue weighted by molar-refractivity contribution is 7.98. The average Bonchev–Trinajstić information content (AvgIpc) is 3.15. The van der Waals surface area contributed by atoms with Gasteiger partial charge >= 0.3 is 0 Å². The van der Waals surface area contributed by atoms with Crippen molar-refractivity contribution in [1.82, 2.24) is 24.4 Å². The van der Waals surface area contributed by atoms with Crippen LogP contribution in [0, 0.1) is 6.92 Å². The number of hydrogen-bond acceptors (Lipinski definition) is 6. The van der Waals surface area contributed by atoms with Gasteiger partial charge in [0.1, 0.15) is 4.88 Å². The molecule has 8 heteroatoms. The maximum atomic E-state index is 6.05. The standard InChI is InChI=1S/C15H14ClN5S2/c1-9-13(23-20-17-9)14-18-19-15(21(14)12-5-6-12)22-8-10-3-2-4-11(16)7-10/h2-4,7,12H,5-6,8H2,1H3. The van der Waals surface area contributed by atoms with Crippen molar-refractivity contribution >= 4 is 34.9 Å². The van der Waals surface area contributed by atoms with E-state index in [0.29, 0.717) is 6.04 Å². The van der Waals surface area contributed by atoms with Gasteiger partial charge < -0.3 is 0 Å². The molecule has 0 bridgehead atoms. The minimum atomic E-state index is 0.503. The lowest BCUT2D eigenvalue weighted by molar-refractivity contribution is 0.669. The van der Waals surface area contributed by atoms with Crippen molar-refractivity contribution in [1.29, 1.82) is 0 Å². The first-order valence-corrected chi connectivity index (χ1v) is 9.47. The monoisotopic (exact) mass is 363 g/mol. The summed E-state index contributed by atoms with van der Waals surface area (Å²) in [6.07, 6.45) is 2.36. The summed E-state index contributed by atoms with van der Waals surface area (Å²) in [4.78, 5) is 1.01. The van der Waals surface area contributed by atoms with Gasteiger partial charge in [0.15, 0.2) is 11.0 Å². The van der Waals surface area contributed by atoms with Crippen molar-refractivity contribution in [2.75, 3.05) is 0 Å². The molecule has 23 heavy (non-hydrogen) atoms. The van der Waals surface area contributed by atoms with Crippen molar-refractivity contribution in [3.8, 4) is 10.7 Å². The number of aryl methyl sites for hydroxylation is 1. The van der Waals surface area contributed by atoms with Gasteiger partial charge in [-0.25, -0.2) is 0 Å². The summed E-state index contributed by atoms with van der Waals surface area (Å²) in [5.41, 5.74) is 2.10. The predicted octanol–water partition coefficient (Wildman–Crippen LogP) is 4.39. The van der Waals surface area contributed by atoms with Gasteiger partial charge in [0.25, 0.3) is 0 Å². The van der Waals surface area contributed by atoms with Crippen LogP contribution in [0.1, 0.15) is 30.1 Å². The number of rotatable bonds is 5. The summed E-state index contributed by atoms with van der Waals surface area (Å²) in [5.74, 6) is 1.72. The molecule has 2 aromatic heterocycles. The van der Waals surface area contributed by atoms with Crippen LogP contribution in [0.2, 0.25) is 5.02 Å². The molecule has 118 valence electrons. The lowest BCUT2D eigenvalue weighted by Crippen LogP contribution is -1.99. The number of nitrogens with zero attached hydrogens (tertiary/aromatic N) is 5. The second-order valence-corrected chi connectivity index (χ2v) is 7.65. The third-order valence-electron chi connectivity index (χ3n) is 3.69. The van der Waals surface area contributed by atoms with Crippen LogP contribution in [0.5, 0.6) is 0 Å². The van der Waals surface area contributed by atoms with Gasteiger partial charge in [0.2, 0.25) is 0 Å². The second kappa shape index (κ2) is 6.22. The Morgan fingerprint density at radius 3 is 2.87 bits per heavy atom. The van der Waals surface area contributed by atoms with Gasteiger partial charge in [-0.05, 0) is 49.0 Å². The molecule has 0 N–H and O–H groups in total. The predicted molar refractivity (Wildman–Crippen MR) is 92.9 cm³/mol. The molecule has 4 rings (SSSR count). The van der Waals surface area contributed by atoms with Crippen LogP contribution in [0.4, 0.5) is 0 Å². The summed E-state index contributed by atoms with van der Waals surface area (Å²) >= 11 is 9.13. The Labute approximate surface area is 147 Å². The van der Waals surface area contributed by atoms with Crippen LogP contribution in [0.25, 0.3) is 10.7 Å². The molecular formula is C15H14ClN5S2. The SMILES string of the molecule is Cc1nnsc1-c1nnc(SCc2cccc(Cl)c2)n1C1CC1. The van der Waals surface area contributed by atoms with Gasteiger partial charge in [-0.1, -0.05) is 40.0 Å². The van der Waals surface area contributed by atoms with Gasteiger partial charge in [-0.2, -0.15) is 0 Å². The molecule has 0 unspecified atom stereocenters. The largest absolute Gasteiger partial charge is 0.298 e. The minimum absolute atomic E-state index is 0.503. The van der Waals surface area contributed by atoms with Crippen LogP contribution in [0.3, 0.4) is 0 Å². The van der Waals surface area contributed by atoms with E-state index < -0.39 is 0 Å². The van der Waals surface area contributed by atoms with Crippen molar-refractivity contribution in [3.63, 3.8) is 0 Å². The normalized spacial score (nSPS) is 14.3. The maximum Gasteiger partial charge on any atom is 0.192 e. The van der Waals surface area contributed by atoms with E-state index in [0.717, 1.165) is 32.3 Å². The van der Waals surface area contributed by atoms with E-state index in [2.05, 4.69) is 30.4 Å². The molecule has 0 spiro atoms. The van der Waals surface area contributed by atoms with Crippen LogP contribution < -0.4 is 0 Å². The van der Waals surface area contributed by atoms with E-state index in [1.807, 2.05) is 25.1 Å². The number of thioether (sulfide) groups is 1. The first-order valence-electron chi connectivity index (χ1n) is 7.34. The molecule has 3 aromatic rings. The fourth-order valence-corrected chi connectivity index (χ4v) is 4.20. The maximum absolute atomic E-state index is 6.05. The molecule has 2 heterocycles. The van der Waals surface area contributed by atoms with Crippen molar-refractivity contribution in [2.24, 2.45) is 0 Å². The first-order chi connectivity index (χ1) is 11.2. The Morgan fingerprint density at radius 1 is 1.30 bits per heavy atom. The van der Waals surface area contributed by atoms with E-state index in [4.69, 9.17) is 11.6 Å². The van der Waals surface area contributed by atoms with E-state index in [1.54, 1.807) is 11.8 Å². The smallest absolute Gasteiger partial charge is 0.192 e. The van der Waals surface area contributed by atoms with Crippen LogP contribution >= 0.6 is 34.9 Å². The second-order valence-electron chi connectivity index (χ2n) is 5.51. The zero-order chi connectivity index (χ0) is 15.8. The summed E-state index contributed by atoms with van der Waals surface area (Å²) in [7, 11) is 0. The zero-order valence-electron chi connectivity index (χ0n) is 12.4. The molecule has 1 fully saturated rings. The van der Waals surface area contributed by atoms with E-state index >= 15 is 0 Å². The quantitative estimate of drug-likeness (QED) is 0.629. The number of hydrogen-bond donors (Lipinski definition) is 0. The molecule has 0 saturated heterocycles. The lowest BCUT2D eigenvalue weighted by atomic mass is 10.2. The van der Waals surface area contributed by atoms with Gasteiger partial charge in [0, 0.05) is 16.8 Å². The number of halogens is 1. The Morgan fingerprint density at radius 2 is 2.17 bits per heavy atom. The fraction of sp³-hybridized carbons (Fsp3) is 0.333. The van der Waals surface area contributed by atoms with E-state index in [1.165, 1.54) is 29.9 Å². The van der Waals surface area contributed by atoms with Crippen LogP contribution in [-0.2, 0) is 5.75 Å². The molecule has 0 amide bonds. The molecule has 0 aliphatic heterocycles. The Hall–Kier alpha value is -1.44. The molecule has 5 nitrogen and oxygen atoms in total. The Kier molecular flexibility index (Phi) is 4.09. The van der Waals surface area contributed by atoms with Crippen molar-refractivity contribution in [2.45, 2.75) is 36.7 Å².